The van der Waals surface area contributed by atoms with Crippen LogP contribution >= 0.6 is 24.0 Å². The molecule has 0 unspecified atom stereocenters. The van der Waals surface area contributed by atoms with Crippen LogP contribution in [0.15, 0.2) is 40.0 Å². The number of hydrogen-bond donors (Lipinski definition) is 0. The highest BCUT2D eigenvalue weighted by Crippen LogP contribution is 2.37. The molecule has 4 rings (SSSR count). The van der Waals surface area contributed by atoms with Crippen LogP contribution in [0.3, 0.4) is 0 Å². The smallest absolute Gasteiger partial charge is 0.270 e. The summed E-state index contributed by atoms with van der Waals surface area (Å²) in [4.78, 5) is 31.3. The van der Waals surface area contributed by atoms with E-state index in [-0.39, 0.29) is 17.0 Å². The first kappa shape index (κ1) is 30.1. The van der Waals surface area contributed by atoms with Crippen LogP contribution in [0.5, 0.6) is 0 Å². The van der Waals surface area contributed by atoms with Crippen LogP contribution in [0.1, 0.15) is 81.0 Å². The molecule has 3 heterocycles. The van der Waals surface area contributed by atoms with Crippen LogP contribution in [0.4, 0.5) is 5.82 Å². The average Bonchev–Trinajstić information content (AvgIpc) is 3.23. The Hall–Kier alpha value is -2.89. The van der Waals surface area contributed by atoms with Crippen molar-refractivity contribution in [3.8, 4) is 6.07 Å². The molecule has 8 heteroatoms. The number of aromatic nitrogens is 1. The molecule has 0 spiro atoms. The lowest BCUT2D eigenvalue weighted by molar-refractivity contribution is -0.122. The maximum atomic E-state index is 13.4. The Kier molecular flexibility index (Phi) is 10.6. The molecular formula is C32H40N4O2S2. The fourth-order valence-electron chi connectivity index (χ4n) is 5.77. The second kappa shape index (κ2) is 14.1. The summed E-state index contributed by atoms with van der Waals surface area (Å²) in [5.74, 6) is 1.31. The second-order valence-corrected chi connectivity index (χ2v) is 12.4. The maximum absolute atomic E-state index is 13.4. The number of anilines is 1. The SMILES string of the molecule is CCCCCCCN1C(=O)/C(=C\c2c(C)c(C#N)c(=O)n(CC)c2N2CCC(Cc3ccccc3)CC2)SC1=S. The number of carbonyl (C=O) groups is 1. The fourth-order valence-corrected chi connectivity index (χ4v) is 7.06. The number of hydrogen-bond acceptors (Lipinski definition) is 6. The van der Waals surface area contributed by atoms with E-state index in [1.165, 1.54) is 36.6 Å². The second-order valence-electron chi connectivity index (χ2n) is 10.8. The van der Waals surface area contributed by atoms with Crippen molar-refractivity contribution in [3.63, 3.8) is 0 Å². The highest BCUT2D eigenvalue weighted by molar-refractivity contribution is 8.26. The van der Waals surface area contributed by atoms with E-state index in [4.69, 9.17) is 12.2 Å². The molecular weight excluding hydrogens is 537 g/mol. The minimum absolute atomic E-state index is 0.0785. The molecule has 1 aromatic heterocycles. The summed E-state index contributed by atoms with van der Waals surface area (Å²) >= 11 is 6.92. The molecule has 0 bridgehead atoms. The van der Waals surface area contributed by atoms with Gasteiger partial charge in [-0.2, -0.15) is 5.26 Å². The zero-order valence-corrected chi connectivity index (χ0v) is 25.6. The van der Waals surface area contributed by atoms with E-state index in [0.717, 1.165) is 56.6 Å². The Morgan fingerprint density at radius 3 is 2.42 bits per heavy atom. The molecule has 212 valence electrons. The van der Waals surface area contributed by atoms with Crippen LogP contribution in [0.25, 0.3) is 6.08 Å². The Balaban J connectivity index is 1.62. The van der Waals surface area contributed by atoms with Gasteiger partial charge in [0.1, 0.15) is 21.8 Å². The third kappa shape index (κ3) is 6.70. The number of benzene rings is 1. The first-order valence-electron chi connectivity index (χ1n) is 14.6. The number of carbonyl (C=O) groups excluding carboxylic acids is 1. The molecule has 0 saturated carbocycles. The Labute approximate surface area is 248 Å². The van der Waals surface area contributed by atoms with Crippen LogP contribution in [0.2, 0.25) is 0 Å². The van der Waals surface area contributed by atoms with Crippen molar-refractivity contribution in [2.45, 2.75) is 78.7 Å². The van der Waals surface area contributed by atoms with Crippen LogP contribution in [0, 0.1) is 24.2 Å². The van der Waals surface area contributed by atoms with Gasteiger partial charge in [-0.3, -0.25) is 19.1 Å². The molecule has 0 aliphatic carbocycles. The van der Waals surface area contributed by atoms with Crippen molar-refractivity contribution in [2.24, 2.45) is 5.92 Å². The van der Waals surface area contributed by atoms with Gasteiger partial charge in [0.25, 0.3) is 11.5 Å². The van der Waals surface area contributed by atoms with Crippen LogP contribution in [-0.2, 0) is 17.8 Å². The molecule has 1 amide bonds. The lowest BCUT2D eigenvalue weighted by Gasteiger charge is -2.36. The van der Waals surface area contributed by atoms with E-state index in [2.05, 4.69) is 42.2 Å². The normalized spacial score (nSPS) is 17.2. The zero-order valence-electron chi connectivity index (χ0n) is 23.9. The van der Waals surface area contributed by atoms with Gasteiger partial charge < -0.3 is 4.90 Å². The molecule has 2 fully saturated rings. The van der Waals surface area contributed by atoms with Gasteiger partial charge in [-0.1, -0.05) is 86.9 Å². The molecule has 0 N–H and O–H groups in total. The topological polar surface area (TPSA) is 69.3 Å². The lowest BCUT2D eigenvalue weighted by atomic mass is 9.90. The molecule has 1 aromatic carbocycles. The Morgan fingerprint density at radius 2 is 1.77 bits per heavy atom. The number of piperidine rings is 1. The van der Waals surface area contributed by atoms with Gasteiger partial charge in [-0.05, 0) is 62.7 Å². The number of thioether (sulfide) groups is 1. The minimum Gasteiger partial charge on any atom is -0.357 e. The Bertz CT molecular complexity index is 1350. The summed E-state index contributed by atoms with van der Waals surface area (Å²) in [5, 5.41) is 9.88. The average molecular weight is 577 g/mol. The summed E-state index contributed by atoms with van der Waals surface area (Å²) in [7, 11) is 0. The maximum Gasteiger partial charge on any atom is 0.270 e. The number of nitrogens with zero attached hydrogens (tertiary/aromatic N) is 4. The van der Waals surface area contributed by atoms with Gasteiger partial charge >= 0.3 is 0 Å². The molecule has 2 aliphatic heterocycles. The molecule has 0 radical (unpaired) electrons. The van der Waals surface area contributed by atoms with Crippen molar-refractivity contribution in [1.82, 2.24) is 9.47 Å². The molecule has 40 heavy (non-hydrogen) atoms. The number of amides is 1. The minimum atomic E-state index is -0.263. The van der Waals surface area contributed by atoms with E-state index >= 15 is 0 Å². The third-order valence-electron chi connectivity index (χ3n) is 8.08. The number of thiocarbonyl (C=S) groups is 1. The molecule has 0 atom stereocenters. The van der Waals surface area contributed by atoms with Gasteiger partial charge in [-0.25, -0.2) is 0 Å². The van der Waals surface area contributed by atoms with Gasteiger partial charge in [-0.15, -0.1) is 0 Å². The number of rotatable bonds is 11. The predicted molar refractivity (Wildman–Crippen MR) is 170 cm³/mol. The zero-order chi connectivity index (χ0) is 28.6. The number of pyridine rings is 1. The quantitative estimate of drug-likeness (QED) is 0.169. The largest absolute Gasteiger partial charge is 0.357 e. The van der Waals surface area contributed by atoms with Gasteiger partial charge in [0.05, 0.1) is 4.91 Å². The molecule has 2 aromatic rings. The van der Waals surface area contributed by atoms with Crippen molar-refractivity contribution in [1.29, 1.82) is 5.26 Å². The number of nitriles is 1. The molecule has 6 nitrogen and oxygen atoms in total. The van der Waals surface area contributed by atoms with E-state index in [1.807, 2.05) is 26.0 Å². The Morgan fingerprint density at radius 1 is 1.07 bits per heavy atom. The first-order chi connectivity index (χ1) is 19.4. The summed E-state index contributed by atoms with van der Waals surface area (Å²) < 4.78 is 2.29. The fraction of sp³-hybridized carbons (Fsp3) is 0.500. The van der Waals surface area contributed by atoms with E-state index in [1.54, 1.807) is 9.47 Å². The highest BCUT2D eigenvalue weighted by atomic mass is 32.2. The van der Waals surface area contributed by atoms with Crippen molar-refractivity contribution >= 4 is 46.1 Å². The standard InChI is InChI=1S/C32H40N4O2S2/c1-4-6-7-8-12-17-36-31(38)28(40-32(36)39)21-26-23(3)27(22-33)30(37)35(5-2)29(26)34-18-15-25(16-19-34)20-24-13-10-9-11-14-24/h9-11,13-14,21,25H,4-8,12,15-20H2,1-3H3/b28-21+. The number of unbranched alkanes of at least 4 members (excludes halogenated alkanes) is 4. The first-order valence-corrected chi connectivity index (χ1v) is 15.8. The van der Waals surface area contributed by atoms with Crippen molar-refractivity contribution in [2.75, 3.05) is 24.5 Å². The third-order valence-corrected chi connectivity index (χ3v) is 9.46. The predicted octanol–water partition coefficient (Wildman–Crippen LogP) is 6.68. The van der Waals surface area contributed by atoms with E-state index in [9.17, 15) is 14.9 Å². The van der Waals surface area contributed by atoms with Gasteiger partial charge in [0.2, 0.25) is 0 Å². The van der Waals surface area contributed by atoms with E-state index < -0.39 is 0 Å². The summed E-state index contributed by atoms with van der Waals surface area (Å²) in [6.07, 6.45) is 10.5. The van der Waals surface area contributed by atoms with Crippen molar-refractivity contribution in [3.05, 3.63) is 67.8 Å². The summed E-state index contributed by atoms with van der Waals surface area (Å²) in [6.45, 7) is 8.67. The van der Waals surface area contributed by atoms with Gasteiger partial charge in [0.15, 0.2) is 0 Å². The summed E-state index contributed by atoms with van der Waals surface area (Å²) in [5.41, 5.74) is 2.64. The molecule has 2 saturated heterocycles. The van der Waals surface area contributed by atoms with Crippen molar-refractivity contribution < 1.29 is 4.79 Å². The summed E-state index contributed by atoms with van der Waals surface area (Å²) in [6, 6.07) is 12.7. The van der Waals surface area contributed by atoms with Gasteiger partial charge in [0, 0.05) is 31.7 Å². The van der Waals surface area contributed by atoms with Crippen LogP contribution < -0.4 is 10.5 Å². The molecule has 2 aliphatic rings. The van der Waals surface area contributed by atoms with Crippen LogP contribution in [-0.4, -0.2) is 39.3 Å². The van der Waals surface area contributed by atoms with E-state index in [0.29, 0.717) is 33.8 Å². The monoisotopic (exact) mass is 576 g/mol. The lowest BCUT2D eigenvalue weighted by Crippen LogP contribution is -2.39. The highest BCUT2D eigenvalue weighted by Gasteiger charge is 2.33.